The van der Waals surface area contributed by atoms with Gasteiger partial charge in [-0.2, -0.15) is 5.10 Å². The number of carbonyl (C=O) groups excluding carboxylic acids is 1. The highest BCUT2D eigenvalue weighted by Gasteiger charge is 2.22. The second-order valence-corrected chi connectivity index (χ2v) is 9.07. The van der Waals surface area contributed by atoms with Crippen LogP contribution in [0, 0.1) is 20.8 Å². The normalized spacial score (nSPS) is 14.1. The molecule has 0 radical (unpaired) electrons. The van der Waals surface area contributed by atoms with Gasteiger partial charge in [-0.1, -0.05) is 29.8 Å². The zero-order valence-corrected chi connectivity index (χ0v) is 17.4. The Hall–Kier alpha value is -2.67. The van der Waals surface area contributed by atoms with Crippen molar-refractivity contribution in [1.82, 2.24) is 5.01 Å². The highest BCUT2D eigenvalue weighted by Crippen LogP contribution is 2.21. The Balaban J connectivity index is 1.72. The summed E-state index contributed by atoms with van der Waals surface area (Å²) in [5.74, 6) is -0.0135. The third-order valence-electron chi connectivity index (χ3n) is 4.78. The van der Waals surface area contributed by atoms with Gasteiger partial charge in [0, 0.05) is 12.1 Å². The standard InChI is InChI=1S/C21H25N3O3S/c1-14-11-15(2)19(16(3)12-14)13-21(25)24-10-9-20(22-24)17-5-7-18(8-6-17)23-28(4,26)27/h5-8,11-12,23H,9-10,13H2,1-4H3. The molecule has 2 aromatic rings. The summed E-state index contributed by atoms with van der Waals surface area (Å²) >= 11 is 0. The van der Waals surface area contributed by atoms with Crippen LogP contribution in [-0.2, 0) is 21.2 Å². The number of aryl methyl sites for hydroxylation is 3. The van der Waals surface area contributed by atoms with E-state index in [0.29, 0.717) is 25.1 Å². The SMILES string of the molecule is Cc1cc(C)c(CC(=O)N2CCC(c3ccc(NS(C)(=O)=O)cc3)=N2)c(C)c1. The second-order valence-electron chi connectivity index (χ2n) is 7.32. The minimum absolute atomic E-state index is 0.0135. The Bertz CT molecular complexity index is 1020. The molecule has 7 heteroatoms. The summed E-state index contributed by atoms with van der Waals surface area (Å²) < 4.78 is 25.0. The maximum atomic E-state index is 12.7. The molecule has 0 aliphatic carbocycles. The number of nitrogens with one attached hydrogen (secondary N) is 1. The van der Waals surface area contributed by atoms with E-state index in [0.717, 1.165) is 34.2 Å². The molecule has 0 spiro atoms. The fourth-order valence-electron chi connectivity index (χ4n) is 3.52. The highest BCUT2D eigenvalue weighted by molar-refractivity contribution is 7.92. The van der Waals surface area contributed by atoms with Crippen molar-refractivity contribution >= 4 is 27.3 Å². The summed E-state index contributed by atoms with van der Waals surface area (Å²) in [6.45, 7) is 6.68. The van der Waals surface area contributed by atoms with Gasteiger partial charge in [0.15, 0.2) is 0 Å². The number of hydrogen-bond acceptors (Lipinski definition) is 4. The third kappa shape index (κ3) is 4.78. The minimum Gasteiger partial charge on any atom is -0.284 e. The van der Waals surface area contributed by atoms with E-state index in [9.17, 15) is 13.2 Å². The number of benzene rings is 2. The molecule has 1 aliphatic heterocycles. The van der Waals surface area contributed by atoms with Crippen LogP contribution in [0.2, 0.25) is 0 Å². The van der Waals surface area contributed by atoms with Gasteiger partial charge in [0.25, 0.3) is 0 Å². The van der Waals surface area contributed by atoms with E-state index in [2.05, 4.69) is 28.9 Å². The van der Waals surface area contributed by atoms with E-state index in [4.69, 9.17) is 0 Å². The number of hydrogen-bond donors (Lipinski definition) is 1. The Morgan fingerprint density at radius 2 is 1.71 bits per heavy atom. The molecular formula is C21H25N3O3S. The lowest BCUT2D eigenvalue weighted by Gasteiger charge is -2.15. The minimum atomic E-state index is -3.30. The molecule has 28 heavy (non-hydrogen) atoms. The van der Waals surface area contributed by atoms with Gasteiger partial charge in [-0.25, -0.2) is 13.4 Å². The molecule has 0 saturated carbocycles. The van der Waals surface area contributed by atoms with E-state index in [1.54, 1.807) is 12.1 Å². The van der Waals surface area contributed by atoms with Crippen molar-refractivity contribution in [3.8, 4) is 0 Å². The smallest absolute Gasteiger partial charge is 0.247 e. The topological polar surface area (TPSA) is 78.8 Å². The van der Waals surface area contributed by atoms with Crippen molar-refractivity contribution in [1.29, 1.82) is 0 Å². The first-order valence-corrected chi connectivity index (χ1v) is 11.0. The molecule has 0 atom stereocenters. The highest BCUT2D eigenvalue weighted by atomic mass is 32.2. The van der Waals surface area contributed by atoms with Crippen molar-refractivity contribution in [3.05, 3.63) is 64.2 Å². The summed E-state index contributed by atoms with van der Waals surface area (Å²) in [5, 5.41) is 6.04. The van der Waals surface area contributed by atoms with Crippen LogP contribution < -0.4 is 4.72 Å². The zero-order valence-electron chi connectivity index (χ0n) is 16.6. The lowest BCUT2D eigenvalue weighted by Crippen LogP contribution is -2.25. The van der Waals surface area contributed by atoms with E-state index in [-0.39, 0.29) is 5.91 Å². The molecule has 1 amide bonds. The Morgan fingerprint density at radius 3 is 2.29 bits per heavy atom. The quantitative estimate of drug-likeness (QED) is 0.839. The molecule has 1 heterocycles. The lowest BCUT2D eigenvalue weighted by atomic mass is 9.97. The zero-order chi connectivity index (χ0) is 20.5. The van der Waals surface area contributed by atoms with Crippen LogP contribution in [0.3, 0.4) is 0 Å². The molecule has 1 aliphatic rings. The van der Waals surface area contributed by atoms with Crippen molar-refractivity contribution in [2.45, 2.75) is 33.6 Å². The average Bonchev–Trinajstić information content (AvgIpc) is 3.07. The summed E-state index contributed by atoms with van der Waals surface area (Å²) in [7, 11) is -3.30. The van der Waals surface area contributed by atoms with Gasteiger partial charge in [-0.05, 0) is 55.2 Å². The Morgan fingerprint density at radius 1 is 1.11 bits per heavy atom. The molecule has 6 nitrogen and oxygen atoms in total. The largest absolute Gasteiger partial charge is 0.284 e. The van der Waals surface area contributed by atoms with Gasteiger partial charge in [0.05, 0.1) is 24.9 Å². The molecule has 0 unspecified atom stereocenters. The monoisotopic (exact) mass is 399 g/mol. The average molecular weight is 400 g/mol. The van der Waals surface area contributed by atoms with Crippen molar-refractivity contribution in [2.24, 2.45) is 5.10 Å². The van der Waals surface area contributed by atoms with Crippen LogP contribution >= 0.6 is 0 Å². The number of anilines is 1. The van der Waals surface area contributed by atoms with Crippen LogP contribution in [0.15, 0.2) is 41.5 Å². The predicted molar refractivity (Wildman–Crippen MR) is 112 cm³/mol. The van der Waals surface area contributed by atoms with E-state index in [1.807, 2.05) is 26.0 Å². The molecule has 0 fully saturated rings. The Kier molecular flexibility index (Phi) is 5.56. The number of hydrazone groups is 1. The number of sulfonamides is 1. The second kappa shape index (κ2) is 7.75. The van der Waals surface area contributed by atoms with E-state index in [1.165, 1.54) is 10.6 Å². The summed E-state index contributed by atoms with van der Waals surface area (Å²) in [5.41, 5.74) is 6.74. The van der Waals surface area contributed by atoms with Crippen LogP contribution in [0.25, 0.3) is 0 Å². The van der Waals surface area contributed by atoms with Gasteiger partial charge < -0.3 is 0 Å². The molecule has 0 saturated heterocycles. The molecular weight excluding hydrogens is 374 g/mol. The first kappa shape index (κ1) is 20.1. The van der Waals surface area contributed by atoms with Crippen molar-refractivity contribution < 1.29 is 13.2 Å². The molecule has 3 rings (SSSR count). The summed E-state index contributed by atoms with van der Waals surface area (Å²) in [6, 6.07) is 11.2. The van der Waals surface area contributed by atoms with Crippen LogP contribution in [0.5, 0.6) is 0 Å². The molecule has 0 bridgehead atoms. The van der Waals surface area contributed by atoms with Crippen molar-refractivity contribution in [3.63, 3.8) is 0 Å². The molecule has 0 aromatic heterocycles. The van der Waals surface area contributed by atoms with Gasteiger partial charge in [-0.15, -0.1) is 0 Å². The van der Waals surface area contributed by atoms with Gasteiger partial charge >= 0.3 is 0 Å². The molecule has 1 N–H and O–H groups in total. The van der Waals surface area contributed by atoms with E-state index < -0.39 is 10.0 Å². The lowest BCUT2D eigenvalue weighted by molar-refractivity contribution is -0.130. The van der Waals surface area contributed by atoms with Crippen LogP contribution in [0.4, 0.5) is 5.69 Å². The maximum absolute atomic E-state index is 12.7. The van der Waals surface area contributed by atoms with Gasteiger partial charge in [0.2, 0.25) is 15.9 Å². The number of amides is 1. The number of nitrogens with zero attached hydrogens (tertiary/aromatic N) is 2. The maximum Gasteiger partial charge on any atom is 0.247 e. The fourth-order valence-corrected chi connectivity index (χ4v) is 4.08. The summed E-state index contributed by atoms with van der Waals surface area (Å²) in [6.07, 6.45) is 2.13. The summed E-state index contributed by atoms with van der Waals surface area (Å²) in [4.78, 5) is 12.7. The third-order valence-corrected chi connectivity index (χ3v) is 5.39. The molecule has 2 aromatic carbocycles. The van der Waals surface area contributed by atoms with E-state index >= 15 is 0 Å². The number of carbonyl (C=O) groups is 1. The van der Waals surface area contributed by atoms with Gasteiger partial charge in [0.1, 0.15) is 0 Å². The van der Waals surface area contributed by atoms with Crippen LogP contribution in [0.1, 0.15) is 34.2 Å². The number of rotatable bonds is 5. The van der Waals surface area contributed by atoms with Gasteiger partial charge in [-0.3, -0.25) is 9.52 Å². The first-order valence-electron chi connectivity index (χ1n) is 9.15. The van der Waals surface area contributed by atoms with Crippen molar-refractivity contribution in [2.75, 3.05) is 17.5 Å². The molecule has 148 valence electrons. The predicted octanol–water partition coefficient (Wildman–Crippen LogP) is 3.16. The first-order chi connectivity index (χ1) is 13.1. The fraction of sp³-hybridized carbons (Fsp3) is 0.333. The Labute approximate surface area is 166 Å². The van der Waals surface area contributed by atoms with Crippen LogP contribution in [-0.4, -0.2) is 37.8 Å².